The van der Waals surface area contributed by atoms with E-state index in [0.717, 1.165) is 68.1 Å². The molecule has 52 heavy (non-hydrogen) atoms. The van der Waals surface area contributed by atoms with Gasteiger partial charge in [-0.1, -0.05) is 18.6 Å². The summed E-state index contributed by atoms with van der Waals surface area (Å²) in [5, 5.41) is 12.0. The van der Waals surface area contributed by atoms with E-state index in [0.29, 0.717) is 62.0 Å². The number of amides is 1. The normalized spacial score (nSPS) is 25.2. The van der Waals surface area contributed by atoms with Gasteiger partial charge in [-0.05, 0) is 98.9 Å². The predicted octanol–water partition coefficient (Wildman–Crippen LogP) is 5.95. The Hall–Kier alpha value is -4.27. The van der Waals surface area contributed by atoms with Gasteiger partial charge < -0.3 is 24.4 Å². The summed E-state index contributed by atoms with van der Waals surface area (Å²) in [6.45, 7) is 9.91. The van der Waals surface area contributed by atoms with E-state index in [-0.39, 0.29) is 41.8 Å². The number of phenols is 1. The Morgan fingerprint density at radius 2 is 2.06 bits per heavy atom. The Morgan fingerprint density at radius 1 is 1.25 bits per heavy atom. The number of carbonyl (C=O) groups is 1. The van der Waals surface area contributed by atoms with Gasteiger partial charge in [0.15, 0.2) is 0 Å². The molecule has 0 radical (unpaired) electrons. The average Bonchev–Trinajstić information content (AvgIpc) is 3.72. The lowest BCUT2D eigenvalue weighted by molar-refractivity contribution is -0.126. The fourth-order valence-electron chi connectivity index (χ4n) is 9.01. The van der Waals surface area contributed by atoms with Crippen LogP contribution < -0.4 is 9.64 Å². The summed E-state index contributed by atoms with van der Waals surface area (Å²) in [6.07, 6.45) is 12.2. The number of carbonyl (C=O) groups excluding carboxylic acids is 1. The zero-order valence-corrected chi connectivity index (χ0v) is 30.3. The fourth-order valence-corrected chi connectivity index (χ4v) is 9.01. The lowest BCUT2D eigenvalue weighted by atomic mass is 9.79. The molecule has 0 unspecified atom stereocenters. The number of aromatic hydroxyl groups is 1. The van der Waals surface area contributed by atoms with E-state index < -0.39 is 17.5 Å². The van der Waals surface area contributed by atoms with Crippen LogP contribution in [-0.2, 0) is 22.4 Å². The number of nitrogens with zero attached hydrogens (tertiary/aromatic N) is 5. The number of likely N-dealkylation sites (N-methyl/N-ethyl adjacent to an activating group) is 1. The van der Waals surface area contributed by atoms with Crippen molar-refractivity contribution in [1.82, 2.24) is 19.8 Å². The first-order valence-corrected chi connectivity index (χ1v) is 18.6. The van der Waals surface area contributed by atoms with Crippen LogP contribution in [0.5, 0.6) is 11.8 Å². The van der Waals surface area contributed by atoms with Crippen molar-refractivity contribution in [2.45, 2.75) is 82.0 Å². The summed E-state index contributed by atoms with van der Waals surface area (Å²) < 4.78 is 42.0. The molecule has 1 amide bonds. The number of alkyl halides is 1. The molecule has 0 saturated carbocycles. The standard InChI is InChI=1S/C41H49F2N5O4/c1-5-32-35(43)12-10-28-18-31(49)20-34(38(28)32)27-9-11-33-36(19-27)44-40(45-39(33)46(4)24-30-8-7-15-48(30)37(50)6-2)52-25-41(3)21-29(42)23-47(41)22-26-13-16-51-17-14-26/h1,6,10,12,18,20,26-27,29-30,49H,2,7-9,11,13-17,19,21-25H2,3-4H3/t27-,29+,30-,41-/m0/s1. The second-order valence-electron chi connectivity index (χ2n) is 15.4. The van der Waals surface area contributed by atoms with Crippen LogP contribution in [0.25, 0.3) is 10.8 Å². The zero-order chi connectivity index (χ0) is 36.6. The van der Waals surface area contributed by atoms with Crippen molar-refractivity contribution in [3.63, 3.8) is 0 Å². The second-order valence-corrected chi connectivity index (χ2v) is 15.4. The molecule has 1 aliphatic carbocycles. The molecule has 3 aromatic rings. The number of likely N-dealkylation sites (tertiary alicyclic amines) is 2. The van der Waals surface area contributed by atoms with Crippen LogP contribution >= 0.6 is 0 Å². The Labute approximate surface area is 305 Å². The molecule has 0 bridgehead atoms. The molecular weight excluding hydrogens is 664 g/mol. The maximum absolute atomic E-state index is 15.0. The Bertz CT molecular complexity index is 1880. The van der Waals surface area contributed by atoms with Gasteiger partial charge in [0.1, 0.15) is 30.2 Å². The molecule has 2 aromatic carbocycles. The van der Waals surface area contributed by atoms with Gasteiger partial charge in [-0.3, -0.25) is 9.69 Å². The molecule has 4 heterocycles. The van der Waals surface area contributed by atoms with E-state index in [4.69, 9.17) is 25.9 Å². The largest absolute Gasteiger partial charge is 0.508 e. The van der Waals surface area contributed by atoms with Gasteiger partial charge in [0.05, 0.1) is 16.8 Å². The van der Waals surface area contributed by atoms with Gasteiger partial charge in [-0.25, -0.2) is 8.78 Å². The summed E-state index contributed by atoms with van der Waals surface area (Å²) in [5.41, 5.74) is 2.24. The molecule has 1 N–H and O–H groups in total. The first-order valence-electron chi connectivity index (χ1n) is 18.6. The van der Waals surface area contributed by atoms with Crippen LogP contribution in [0.1, 0.15) is 73.8 Å². The monoisotopic (exact) mass is 713 g/mol. The highest BCUT2D eigenvalue weighted by molar-refractivity contribution is 5.93. The smallest absolute Gasteiger partial charge is 0.318 e. The number of anilines is 1. The number of fused-ring (bicyclic) bond motifs is 2. The number of terminal acetylenes is 1. The second kappa shape index (κ2) is 15.0. The summed E-state index contributed by atoms with van der Waals surface area (Å²) in [7, 11) is 1.99. The fraction of sp³-hybridized carbons (Fsp3) is 0.537. The van der Waals surface area contributed by atoms with Crippen molar-refractivity contribution in [3.8, 4) is 24.1 Å². The molecule has 3 aliphatic heterocycles. The lowest BCUT2D eigenvalue weighted by Crippen LogP contribution is -2.48. The van der Waals surface area contributed by atoms with Crippen LogP contribution in [-0.4, -0.2) is 102 Å². The third-order valence-electron chi connectivity index (χ3n) is 11.8. The molecule has 11 heteroatoms. The van der Waals surface area contributed by atoms with E-state index in [1.807, 2.05) is 11.9 Å². The topological polar surface area (TPSA) is 91.3 Å². The Kier molecular flexibility index (Phi) is 10.4. The first kappa shape index (κ1) is 36.1. The molecule has 3 fully saturated rings. The van der Waals surface area contributed by atoms with Crippen LogP contribution in [0, 0.1) is 24.1 Å². The van der Waals surface area contributed by atoms with Gasteiger partial charge in [0.2, 0.25) is 5.91 Å². The lowest BCUT2D eigenvalue weighted by Gasteiger charge is -2.37. The molecular formula is C41H49F2N5O4. The minimum absolute atomic E-state index is 0.00944. The third kappa shape index (κ3) is 7.20. The summed E-state index contributed by atoms with van der Waals surface area (Å²) in [5.74, 6) is 3.17. The number of rotatable bonds is 10. The maximum Gasteiger partial charge on any atom is 0.318 e. The number of phenolic OH excluding ortho intramolecular Hbond substituents is 1. The number of halogens is 2. The number of benzene rings is 2. The van der Waals surface area contributed by atoms with E-state index in [1.165, 1.54) is 12.1 Å². The predicted molar refractivity (Wildman–Crippen MR) is 197 cm³/mol. The van der Waals surface area contributed by atoms with Crippen molar-refractivity contribution >= 4 is 22.5 Å². The number of hydrogen-bond acceptors (Lipinski definition) is 8. The molecule has 3 saturated heterocycles. The van der Waals surface area contributed by atoms with E-state index in [1.54, 1.807) is 18.2 Å². The number of ether oxygens (including phenoxy) is 2. The van der Waals surface area contributed by atoms with Crippen molar-refractivity contribution in [3.05, 3.63) is 65.1 Å². The minimum Gasteiger partial charge on any atom is -0.508 e. The number of aromatic nitrogens is 2. The Balaban J connectivity index is 1.21. The van der Waals surface area contributed by atoms with Gasteiger partial charge in [0.25, 0.3) is 0 Å². The molecule has 4 aliphatic rings. The molecule has 9 nitrogen and oxygen atoms in total. The molecule has 4 atom stereocenters. The van der Waals surface area contributed by atoms with E-state index in [2.05, 4.69) is 29.2 Å². The van der Waals surface area contributed by atoms with Crippen LogP contribution in [0.2, 0.25) is 0 Å². The summed E-state index contributed by atoms with van der Waals surface area (Å²) in [4.78, 5) is 28.8. The third-order valence-corrected chi connectivity index (χ3v) is 11.8. The van der Waals surface area contributed by atoms with Gasteiger partial charge in [-0.15, -0.1) is 6.42 Å². The molecule has 0 spiro atoms. The Morgan fingerprint density at radius 3 is 2.83 bits per heavy atom. The van der Waals surface area contributed by atoms with Gasteiger partial charge in [0, 0.05) is 69.9 Å². The maximum atomic E-state index is 15.0. The summed E-state index contributed by atoms with van der Waals surface area (Å²) in [6, 6.07) is 6.51. The highest BCUT2D eigenvalue weighted by Crippen LogP contribution is 2.42. The van der Waals surface area contributed by atoms with E-state index >= 15 is 4.39 Å². The highest BCUT2D eigenvalue weighted by atomic mass is 19.1. The number of hydrogen-bond donors (Lipinski definition) is 1. The van der Waals surface area contributed by atoms with Gasteiger partial charge in [-0.2, -0.15) is 9.97 Å². The van der Waals surface area contributed by atoms with Crippen molar-refractivity contribution in [2.24, 2.45) is 5.92 Å². The van der Waals surface area contributed by atoms with Crippen molar-refractivity contribution < 1.29 is 28.2 Å². The zero-order valence-electron chi connectivity index (χ0n) is 30.3. The summed E-state index contributed by atoms with van der Waals surface area (Å²) >= 11 is 0. The SMILES string of the molecule is C#Cc1c(F)ccc2cc(O)cc([C@H]3CCc4c(nc(OC[C@]5(C)C[C@@H](F)CN5CC5CCOCC5)nc4N(C)C[C@@H]4CCCN4C(=O)C=C)C3)c12. The van der Waals surface area contributed by atoms with Crippen LogP contribution in [0.4, 0.5) is 14.6 Å². The van der Waals surface area contributed by atoms with E-state index in [9.17, 15) is 14.3 Å². The van der Waals surface area contributed by atoms with Crippen molar-refractivity contribution in [1.29, 1.82) is 0 Å². The highest BCUT2D eigenvalue weighted by Gasteiger charge is 2.44. The molecule has 276 valence electrons. The van der Waals surface area contributed by atoms with Crippen molar-refractivity contribution in [2.75, 3.05) is 57.9 Å². The molecule has 7 rings (SSSR count). The minimum atomic E-state index is -0.942. The van der Waals surface area contributed by atoms with Crippen LogP contribution in [0.3, 0.4) is 0 Å². The average molecular weight is 714 g/mol. The molecule has 1 aromatic heterocycles. The first-order chi connectivity index (χ1) is 25.1. The van der Waals surface area contributed by atoms with Gasteiger partial charge >= 0.3 is 6.01 Å². The van der Waals surface area contributed by atoms with Crippen LogP contribution in [0.15, 0.2) is 36.9 Å². The quantitative estimate of drug-likeness (QED) is 0.204.